The third-order valence-electron chi connectivity index (χ3n) is 5.63. The minimum atomic E-state index is -1.49. The van der Waals surface area contributed by atoms with Crippen LogP contribution in [0, 0.1) is 0 Å². The molecule has 0 saturated carbocycles. The van der Waals surface area contributed by atoms with Gasteiger partial charge in [0, 0.05) is 0 Å². The molecule has 0 N–H and O–H groups in total. The van der Waals surface area contributed by atoms with Gasteiger partial charge in [-0.25, -0.2) is 0 Å². The number of hydrogen-bond donors (Lipinski definition) is 0. The Morgan fingerprint density at radius 1 is 0.538 bits per heavy atom. The molecule has 0 fully saturated rings. The molecule has 0 heterocycles. The smallest absolute Gasteiger partial charge is 0.120 e. The fourth-order valence-corrected chi connectivity index (χ4v) is 15.5. The van der Waals surface area contributed by atoms with Gasteiger partial charge in [-0.15, -0.1) is 30.6 Å². The summed E-state index contributed by atoms with van der Waals surface area (Å²) in [5.41, 5.74) is 0. The summed E-state index contributed by atoms with van der Waals surface area (Å²) in [6.07, 6.45) is 10.6. The van der Waals surface area contributed by atoms with E-state index in [1.165, 1.54) is 75.5 Å². The highest BCUT2D eigenvalue weighted by atomic mass is 79.9. The van der Waals surface area contributed by atoms with Gasteiger partial charge in [0.25, 0.3) is 0 Å². The molecule has 0 aliphatic heterocycles. The normalized spacial score (nSPS) is 12.5. The second-order valence-corrected chi connectivity index (χ2v) is 24.0. The second-order valence-electron chi connectivity index (χ2n) is 7.92. The molecule has 150 valence electrons. The summed E-state index contributed by atoms with van der Waals surface area (Å²) < 4.78 is 0. The van der Waals surface area contributed by atoms with E-state index in [1.807, 2.05) is 0 Å². The minimum Gasteiger partial charge on any atom is -0.120 e. The molecule has 4 heteroatoms. The van der Waals surface area contributed by atoms with Crippen molar-refractivity contribution in [3.8, 4) is 0 Å². The lowest BCUT2D eigenvalue weighted by atomic mass is 10.3. The van der Waals surface area contributed by atoms with Gasteiger partial charge in [-0.1, -0.05) is 103 Å². The van der Waals surface area contributed by atoms with Crippen molar-refractivity contribution in [2.24, 2.45) is 0 Å². The number of hydrogen-bond acceptors (Lipinski definition) is 0. The Bertz CT molecular complexity index is 426. The molecule has 0 amide bonds. The molecule has 0 unspecified atom stereocenters. The van der Waals surface area contributed by atoms with Crippen molar-refractivity contribution in [2.75, 3.05) is 0 Å². The van der Waals surface area contributed by atoms with Crippen molar-refractivity contribution in [2.45, 2.75) is 103 Å². The van der Waals surface area contributed by atoms with E-state index in [-0.39, 0.29) is 0 Å². The summed E-state index contributed by atoms with van der Waals surface area (Å²) in [6, 6.07) is 15.5. The van der Waals surface area contributed by atoms with Crippen molar-refractivity contribution in [1.82, 2.24) is 0 Å². The van der Waals surface area contributed by atoms with Crippen LogP contribution in [0.15, 0.2) is 24.3 Å². The van der Waals surface area contributed by atoms with E-state index < -0.39 is 13.4 Å². The number of benzene rings is 1. The van der Waals surface area contributed by atoms with Crippen molar-refractivity contribution in [1.29, 1.82) is 0 Å². The minimum absolute atomic E-state index is 1.30. The van der Waals surface area contributed by atoms with E-state index in [2.05, 4.69) is 82.5 Å². The highest BCUT2D eigenvalue weighted by Gasteiger charge is 2.34. The first kappa shape index (κ1) is 24.7. The first-order chi connectivity index (χ1) is 12.5. The van der Waals surface area contributed by atoms with E-state index in [4.69, 9.17) is 0 Å². The molecule has 1 aromatic carbocycles. The summed E-state index contributed by atoms with van der Waals surface area (Å²) in [4.78, 5) is 0. The van der Waals surface area contributed by atoms with Gasteiger partial charge in [0.1, 0.15) is 0 Å². The van der Waals surface area contributed by atoms with Gasteiger partial charge in [-0.2, -0.15) is 0 Å². The lowest BCUT2D eigenvalue weighted by Gasteiger charge is -2.29. The molecule has 0 radical (unpaired) electrons. The monoisotopic (exact) mass is 518 g/mol. The highest BCUT2D eigenvalue weighted by Crippen LogP contribution is 2.30. The van der Waals surface area contributed by atoms with Crippen LogP contribution in [0.3, 0.4) is 0 Å². The quantitative estimate of drug-likeness (QED) is 0.172. The van der Waals surface area contributed by atoms with Gasteiger partial charge in [0.15, 0.2) is 13.4 Å². The maximum absolute atomic E-state index is 4.29. The Hall–Kier alpha value is 0.614. The van der Waals surface area contributed by atoms with Gasteiger partial charge in [-0.3, -0.25) is 0 Å². The standard InChI is InChI=1S/C22H40Br2Si2/c1-5-9-17-25(23,18-10-6-2)21-13-15-22(16-14-21)26(24,19-11-7-3)20-12-8-4/h13-16H,5-12,17-20H2,1-4H3. The summed E-state index contributed by atoms with van der Waals surface area (Å²) in [6.45, 7) is 6.29. The van der Waals surface area contributed by atoms with Crippen LogP contribution in [0.5, 0.6) is 0 Å². The van der Waals surface area contributed by atoms with Gasteiger partial charge >= 0.3 is 0 Å². The molecule has 0 aromatic heterocycles. The van der Waals surface area contributed by atoms with Crippen molar-refractivity contribution in [3.05, 3.63) is 24.3 Å². The molecule has 0 aliphatic rings. The highest BCUT2D eigenvalue weighted by molar-refractivity contribution is 9.26. The first-order valence-electron chi connectivity index (χ1n) is 10.9. The molecule has 26 heavy (non-hydrogen) atoms. The Morgan fingerprint density at radius 3 is 0.962 bits per heavy atom. The Balaban J connectivity index is 3.03. The van der Waals surface area contributed by atoms with E-state index in [9.17, 15) is 0 Å². The molecule has 0 spiro atoms. The van der Waals surface area contributed by atoms with Gasteiger partial charge in [-0.05, 0) is 34.5 Å². The van der Waals surface area contributed by atoms with E-state index >= 15 is 0 Å². The predicted molar refractivity (Wildman–Crippen MR) is 134 cm³/mol. The molecular weight excluding hydrogens is 480 g/mol. The van der Waals surface area contributed by atoms with Crippen LogP contribution in [0.1, 0.15) is 79.1 Å². The molecule has 1 rings (SSSR count). The van der Waals surface area contributed by atoms with Gasteiger partial charge in [0.05, 0.1) is 0 Å². The van der Waals surface area contributed by atoms with Crippen LogP contribution < -0.4 is 10.4 Å². The van der Waals surface area contributed by atoms with E-state index in [0.29, 0.717) is 0 Å². The zero-order valence-electron chi connectivity index (χ0n) is 17.6. The summed E-state index contributed by atoms with van der Waals surface area (Å²) in [5, 5.41) is 3.25. The fourth-order valence-electron chi connectivity index (χ4n) is 3.72. The SMILES string of the molecule is CCCC[Si](Br)(CCCC)c1ccc([Si](Br)(CCCC)CCCC)cc1. The maximum Gasteiger partial charge on any atom is 0.160 e. The first-order valence-corrected chi connectivity index (χ1v) is 20.3. The van der Waals surface area contributed by atoms with Crippen LogP contribution in [0.25, 0.3) is 0 Å². The zero-order chi connectivity index (χ0) is 19.5. The topological polar surface area (TPSA) is 0 Å². The summed E-state index contributed by atoms with van der Waals surface area (Å²) in [7, 11) is 0. The fraction of sp³-hybridized carbons (Fsp3) is 0.727. The molecule has 0 atom stereocenters. The van der Waals surface area contributed by atoms with Crippen molar-refractivity contribution in [3.63, 3.8) is 0 Å². The lowest BCUT2D eigenvalue weighted by molar-refractivity contribution is 0.842. The van der Waals surface area contributed by atoms with Gasteiger partial charge in [0.2, 0.25) is 0 Å². The zero-order valence-corrected chi connectivity index (χ0v) is 22.7. The van der Waals surface area contributed by atoms with Gasteiger partial charge < -0.3 is 0 Å². The molecule has 0 bridgehead atoms. The number of halogens is 2. The average molecular weight is 521 g/mol. The Kier molecular flexibility index (Phi) is 12.3. The maximum atomic E-state index is 4.29. The molecule has 0 nitrogen and oxygen atoms in total. The molecule has 0 saturated heterocycles. The third-order valence-corrected chi connectivity index (χ3v) is 20.5. The van der Waals surface area contributed by atoms with Crippen LogP contribution in [0.4, 0.5) is 0 Å². The van der Waals surface area contributed by atoms with Crippen LogP contribution in [-0.4, -0.2) is 13.4 Å². The largest absolute Gasteiger partial charge is 0.160 e. The van der Waals surface area contributed by atoms with Crippen molar-refractivity contribution < 1.29 is 0 Å². The Morgan fingerprint density at radius 2 is 0.769 bits per heavy atom. The van der Waals surface area contributed by atoms with Crippen LogP contribution >= 0.6 is 30.6 Å². The summed E-state index contributed by atoms with van der Waals surface area (Å²) in [5.74, 6) is 0. The van der Waals surface area contributed by atoms with E-state index in [1.54, 1.807) is 10.4 Å². The number of rotatable bonds is 14. The molecular formula is C22H40Br2Si2. The van der Waals surface area contributed by atoms with Crippen LogP contribution in [-0.2, 0) is 0 Å². The number of unbranched alkanes of at least 4 members (excludes halogenated alkanes) is 4. The average Bonchev–Trinajstić information content (AvgIpc) is 2.67. The van der Waals surface area contributed by atoms with Crippen LogP contribution in [0.2, 0.25) is 24.2 Å². The lowest BCUT2D eigenvalue weighted by Crippen LogP contribution is -2.45. The van der Waals surface area contributed by atoms with E-state index in [0.717, 1.165) is 0 Å². The second kappa shape index (κ2) is 13.0. The molecule has 1 aromatic rings. The predicted octanol–water partition coefficient (Wildman–Crippen LogP) is 7.98. The van der Waals surface area contributed by atoms with Crippen molar-refractivity contribution >= 4 is 54.3 Å². The molecule has 0 aliphatic carbocycles. The summed E-state index contributed by atoms with van der Waals surface area (Å²) >= 11 is 8.59. The Labute approximate surface area is 181 Å². The third kappa shape index (κ3) is 7.56.